The average molecular weight is 624 g/mol. The van der Waals surface area contributed by atoms with E-state index in [-0.39, 0.29) is 0 Å². The highest BCUT2D eigenvalue weighted by Crippen LogP contribution is 2.61. The van der Waals surface area contributed by atoms with Gasteiger partial charge in [-0.1, -0.05) is 195 Å². The molecule has 0 aliphatic heterocycles. The molecule has 0 radical (unpaired) electrons. The van der Waals surface area contributed by atoms with Crippen molar-refractivity contribution in [2.75, 3.05) is 24.6 Å². The molecule has 0 aromatic rings. The van der Waals surface area contributed by atoms with E-state index < -0.39 is 7.26 Å². The van der Waals surface area contributed by atoms with E-state index in [2.05, 4.69) is 27.7 Å². The maximum absolute atomic E-state index is 2.37. The first-order chi connectivity index (χ1) is 21.2. The Kier molecular flexibility index (Phi) is 37.3. The lowest BCUT2D eigenvalue weighted by Gasteiger charge is -2.28. The van der Waals surface area contributed by atoms with Crippen LogP contribution in [0.3, 0.4) is 0 Å². The first kappa shape index (κ1) is 43.4. The zero-order valence-corrected chi connectivity index (χ0v) is 32.2. The van der Waals surface area contributed by atoms with Gasteiger partial charge in [-0.3, -0.25) is 0 Å². The van der Waals surface area contributed by atoms with Gasteiger partial charge in [0.15, 0.2) is 0 Å². The molecule has 0 amide bonds. The van der Waals surface area contributed by atoms with Gasteiger partial charge in [-0.15, -0.1) is 0 Å². The molecule has 0 rings (SSSR count). The predicted molar refractivity (Wildman–Crippen MR) is 206 cm³/mol. The van der Waals surface area contributed by atoms with Crippen molar-refractivity contribution in [1.29, 1.82) is 0 Å². The van der Waals surface area contributed by atoms with E-state index in [0.717, 1.165) is 0 Å². The molecule has 0 spiro atoms. The summed E-state index contributed by atoms with van der Waals surface area (Å²) in [6.45, 7) is 9.39. The molecule has 0 aromatic heterocycles. The fourth-order valence-electron chi connectivity index (χ4n) is 7.35. The van der Waals surface area contributed by atoms with Gasteiger partial charge in [-0.05, 0) is 51.4 Å². The molecule has 1 heteroatoms. The number of hydrogen-bond donors (Lipinski definition) is 0. The standard InChI is InChI=1S/C42H88P/c1-5-9-13-17-19-21-23-25-27-29-33-37-41-43(39-35-31-15-11-7-3,40-36-32-16-12-8-4)42-38-34-30-28-26-24-22-20-18-14-10-6-2/h5-42H2,1-4H3/q+1. The van der Waals surface area contributed by atoms with E-state index >= 15 is 0 Å². The Bertz CT molecular complexity index is 441. The Morgan fingerprint density at radius 2 is 0.326 bits per heavy atom. The van der Waals surface area contributed by atoms with Crippen LogP contribution in [-0.4, -0.2) is 24.6 Å². The van der Waals surface area contributed by atoms with Gasteiger partial charge in [-0.25, -0.2) is 0 Å². The van der Waals surface area contributed by atoms with Crippen molar-refractivity contribution in [3.8, 4) is 0 Å². The van der Waals surface area contributed by atoms with Crippen molar-refractivity contribution in [1.82, 2.24) is 0 Å². The molecule has 0 fully saturated rings. The third kappa shape index (κ3) is 32.2. The van der Waals surface area contributed by atoms with Crippen LogP contribution in [0.2, 0.25) is 0 Å². The Hall–Kier alpha value is 0.430. The highest BCUT2D eigenvalue weighted by atomic mass is 31.2. The monoisotopic (exact) mass is 624 g/mol. The van der Waals surface area contributed by atoms with Crippen LogP contribution in [0, 0.1) is 0 Å². The van der Waals surface area contributed by atoms with Gasteiger partial charge >= 0.3 is 0 Å². The molecule has 0 heterocycles. The van der Waals surface area contributed by atoms with Crippen LogP contribution in [0.25, 0.3) is 0 Å². The van der Waals surface area contributed by atoms with Crippen molar-refractivity contribution in [2.24, 2.45) is 0 Å². The van der Waals surface area contributed by atoms with Gasteiger partial charge < -0.3 is 0 Å². The SMILES string of the molecule is CCCCCCCCCCCCCC[P+](CCCCCCC)(CCCCCCC)CCCCCCCCCCCCCC. The molecule has 0 saturated carbocycles. The highest BCUT2D eigenvalue weighted by Gasteiger charge is 2.34. The molecule has 0 atom stereocenters. The van der Waals surface area contributed by atoms with Crippen LogP contribution in [0.15, 0.2) is 0 Å². The summed E-state index contributed by atoms with van der Waals surface area (Å²) >= 11 is 0. The van der Waals surface area contributed by atoms with Gasteiger partial charge in [0.05, 0.1) is 24.6 Å². The quantitative estimate of drug-likeness (QED) is 0.0474. The number of hydrogen-bond acceptors (Lipinski definition) is 0. The first-order valence-corrected chi connectivity index (χ1v) is 23.6. The smallest absolute Gasteiger partial charge is 0.0594 e. The minimum Gasteiger partial charge on any atom is -0.0654 e. The normalized spacial score (nSPS) is 12.0. The average Bonchev–Trinajstić information content (AvgIpc) is 3.02. The van der Waals surface area contributed by atoms with Crippen molar-refractivity contribution in [3.05, 3.63) is 0 Å². The fourth-order valence-corrected chi connectivity index (χ4v) is 12.3. The summed E-state index contributed by atoms with van der Waals surface area (Å²) in [7, 11) is -0.753. The largest absolute Gasteiger partial charge is 0.0654 e. The lowest BCUT2D eigenvalue weighted by molar-refractivity contribution is 0.547. The van der Waals surface area contributed by atoms with Crippen molar-refractivity contribution >= 4 is 7.26 Å². The van der Waals surface area contributed by atoms with E-state index in [0.29, 0.717) is 0 Å². The van der Waals surface area contributed by atoms with Crippen molar-refractivity contribution in [2.45, 2.75) is 246 Å². The van der Waals surface area contributed by atoms with Crippen LogP contribution in [0.1, 0.15) is 246 Å². The van der Waals surface area contributed by atoms with E-state index in [1.54, 1.807) is 50.3 Å². The second kappa shape index (κ2) is 36.9. The minimum absolute atomic E-state index is 0.753. The van der Waals surface area contributed by atoms with Crippen LogP contribution in [0.5, 0.6) is 0 Å². The molecule has 43 heavy (non-hydrogen) atoms. The Balaban J connectivity index is 4.54. The Morgan fingerprint density at radius 3 is 0.488 bits per heavy atom. The summed E-state index contributed by atoms with van der Waals surface area (Å²) < 4.78 is 0. The maximum atomic E-state index is 2.37. The van der Waals surface area contributed by atoms with E-state index in [1.807, 2.05) is 0 Å². The van der Waals surface area contributed by atoms with Gasteiger partial charge in [-0.2, -0.15) is 0 Å². The summed E-state index contributed by atoms with van der Waals surface area (Å²) in [6.07, 6.45) is 57.2. The summed E-state index contributed by atoms with van der Waals surface area (Å²) in [5.41, 5.74) is 0. The zero-order valence-electron chi connectivity index (χ0n) is 31.3. The maximum Gasteiger partial charge on any atom is 0.0594 e. The molecule has 0 aliphatic carbocycles. The van der Waals surface area contributed by atoms with Gasteiger partial charge in [0.2, 0.25) is 0 Å². The van der Waals surface area contributed by atoms with Gasteiger partial charge in [0.1, 0.15) is 0 Å². The first-order valence-electron chi connectivity index (χ1n) is 21.1. The number of unbranched alkanes of at least 4 members (excludes halogenated alkanes) is 30. The van der Waals surface area contributed by atoms with Gasteiger partial charge in [0.25, 0.3) is 0 Å². The third-order valence-electron chi connectivity index (χ3n) is 10.4. The number of rotatable bonds is 38. The van der Waals surface area contributed by atoms with Crippen molar-refractivity contribution < 1.29 is 0 Å². The lowest BCUT2D eigenvalue weighted by Crippen LogP contribution is -2.13. The molecule has 0 aliphatic rings. The molecule has 0 bridgehead atoms. The summed E-state index contributed by atoms with van der Waals surface area (Å²) in [6, 6.07) is 0. The van der Waals surface area contributed by atoms with Gasteiger partial charge in [0, 0.05) is 7.26 Å². The third-order valence-corrected chi connectivity index (χ3v) is 15.5. The highest BCUT2D eigenvalue weighted by molar-refractivity contribution is 7.75. The molecule has 0 nitrogen and oxygen atoms in total. The fraction of sp³-hybridized carbons (Fsp3) is 1.00. The van der Waals surface area contributed by atoms with Crippen LogP contribution < -0.4 is 0 Å². The minimum atomic E-state index is -0.753. The molecule has 0 saturated heterocycles. The molecule has 0 unspecified atom stereocenters. The van der Waals surface area contributed by atoms with E-state index in [1.165, 1.54) is 193 Å². The molecular weight excluding hydrogens is 535 g/mol. The Morgan fingerprint density at radius 1 is 0.186 bits per heavy atom. The van der Waals surface area contributed by atoms with Crippen LogP contribution >= 0.6 is 7.26 Å². The zero-order chi connectivity index (χ0) is 31.4. The second-order valence-corrected chi connectivity index (χ2v) is 19.3. The Labute approximate surface area is 277 Å². The summed E-state index contributed by atoms with van der Waals surface area (Å²) in [5.74, 6) is 0. The molecule has 0 aromatic carbocycles. The summed E-state index contributed by atoms with van der Waals surface area (Å²) in [4.78, 5) is 0. The second-order valence-electron chi connectivity index (χ2n) is 14.8. The van der Waals surface area contributed by atoms with Crippen LogP contribution in [-0.2, 0) is 0 Å². The predicted octanol–water partition coefficient (Wildman–Crippen LogP) is 16.3. The molecule has 0 N–H and O–H groups in total. The van der Waals surface area contributed by atoms with E-state index in [9.17, 15) is 0 Å². The molecular formula is C42H88P+. The van der Waals surface area contributed by atoms with Crippen LogP contribution in [0.4, 0.5) is 0 Å². The topological polar surface area (TPSA) is 0 Å². The summed E-state index contributed by atoms with van der Waals surface area (Å²) in [5, 5.41) is 0. The molecule has 260 valence electrons. The van der Waals surface area contributed by atoms with Crippen molar-refractivity contribution in [3.63, 3.8) is 0 Å². The lowest BCUT2D eigenvalue weighted by atomic mass is 10.1. The van der Waals surface area contributed by atoms with E-state index in [4.69, 9.17) is 0 Å².